The Labute approximate surface area is 284 Å². The van der Waals surface area contributed by atoms with Gasteiger partial charge in [-0.15, -0.1) is 0 Å². The lowest BCUT2D eigenvalue weighted by molar-refractivity contribution is -0.131. The van der Waals surface area contributed by atoms with Crippen molar-refractivity contribution in [2.75, 3.05) is 43.9 Å². The zero-order valence-electron chi connectivity index (χ0n) is 26.7. The highest BCUT2D eigenvalue weighted by atomic mass is 32.1. The van der Waals surface area contributed by atoms with Gasteiger partial charge in [-0.2, -0.15) is 9.97 Å². The number of likely N-dealkylation sites (N-methyl/N-ethyl adjacent to an activating group) is 1. The Hall–Kier alpha value is -4.82. The Morgan fingerprint density at radius 1 is 1.02 bits per heavy atom. The van der Waals surface area contributed by atoms with E-state index in [-0.39, 0.29) is 50.6 Å². The molecule has 2 aromatic carbocycles. The Morgan fingerprint density at radius 2 is 1.82 bits per heavy atom. The maximum Gasteiger partial charge on any atom is 0.319 e. The number of hydrogen-bond donors (Lipinski definition) is 1. The minimum absolute atomic E-state index is 0.0381. The molecule has 0 spiro atoms. The van der Waals surface area contributed by atoms with Gasteiger partial charge in [0.05, 0.1) is 28.0 Å². The van der Waals surface area contributed by atoms with Crippen molar-refractivity contribution in [2.45, 2.75) is 43.8 Å². The SMILES string of the molecule is CN1CCC[C@H]1COc1nc(N2C[C@H]3CC[C@@H](C2)N3C(=O)/C(F)=C/c2ccccn2)c2ccc(-c3ccc(F)c4sc(N)nc34)c(F)c2n1. The number of likely N-dealkylation sites (tertiary alicyclic amines) is 1. The fraction of sp³-hybridized carbons (Fsp3) is 0.343. The molecule has 2 bridgehead atoms. The van der Waals surface area contributed by atoms with Crippen LogP contribution >= 0.6 is 11.3 Å². The zero-order chi connectivity index (χ0) is 33.8. The lowest BCUT2D eigenvalue weighted by Gasteiger charge is -2.41. The summed E-state index contributed by atoms with van der Waals surface area (Å²) in [5.41, 5.74) is 7.19. The van der Waals surface area contributed by atoms with Gasteiger partial charge in [0.25, 0.3) is 5.91 Å². The molecule has 2 N–H and O–H groups in total. The molecule has 14 heteroatoms. The fourth-order valence-corrected chi connectivity index (χ4v) is 8.16. The molecular formula is C35H33F3N8O2S. The van der Waals surface area contributed by atoms with E-state index in [1.165, 1.54) is 12.1 Å². The molecule has 1 amide bonds. The van der Waals surface area contributed by atoms with Gasteiger partial charge in [0.2, 0.25) is 0 Å². The number of pyridine rings is 1. The molecule has 0 saturated carbocycles. The first-order valence-electron chi connectivity index (χ1n) is 16.3. The van der Waals surface area contributed by atoms with Gasteiger partial charge in [0, 0.05) is 47.9 Å². The summed E-state index contributed by atoms with van der Waals surface area (Å²) in [6, 6.07) is 10.9. The van der Waals surface area contributed by atoms with Crippen LogP contribution in [0.5, 0.6) is 6.01 Å². The molecule has 3 aromatic heterocycles. The average Bonchev–Trinajstić information content (AvgIpc) is 3.78. The third-order valence-corrected chi connectivity index (χ3v) is 10.7. The molecule has 3 fully saturated rings. The van der Waals surface area contributed by atoms with Crippen molar-refractivity contribution < 1.29 is 22.7 Å². The Morgan fingerprint density at radius 3 is 2.55 bits per heavy atom. The van der Waals surface area contributed by atoms with Gasteiger partial charge in [-0.25, -0.2) is 18.2 Å². The van der Waals surface area contributed by atoms with E-state index in [4.69, 9.17) is 15.5 Å². The lowest BCUT2D eigenvalue weighted by atomic mass is 10.0. The van der Waals surface area contributed by atoms with E-state index in [1.807, 2.05) is 11.9 Å². The molecule has 5 aromatic rings. The van der Waals surface area contributed by atoms with Crippen molar-refractivity contribution in [1.82, 2.24) is 29.7 Å². The van der Waals surface area contributed by atoms with E-state index in [0.29, 0.717) is 55.0 Å². The highest BCUT2D eigenvalue weighted by Crippen LogP contribution is 2.41. The zero-order valence-corrected chi connectivity index (χ0v) is 27.5. The standard InChI is InChI=1S/C35H33F3N8O2S/c1-44-14-4-6-22(44)18-48-35-42-29-25(10-9-23(28(29)38)24-11-12-26(36)31-30(24)41-34(39)49-31)32(43-35)45-16-20-7-8-21(17-45)46(20)33(47)27(37)15-19-5-2-3-13-40-19/h2-3,5,9-13,15,20-22H,4,6-8,14,16-18H2,1H3,(H2,39,41)/b27-15-/t20-,21+,22-/m0/s1. The van der Waals surface area contributed by atoms with Crippen LogP contribution in [-0.4, -0.2) is 87.1 Å². The predicted molar refractivity (Wildman–Crippen MR) is 183 cm³/mol. The van der Waals surface area contributed by atoms with Crippen molar-refractivity contribution in [3.05, 3.63) is 71.8 Å². The lowest BCUT2D eigenvalue weighted by Crippen LogP contribution is -2.56. The monoisotopic (exact) mass is 686 g/mol. The van der Waals surface area contributed by atoms with Crippen LogP contribution in [0.1, 0.15) is 31.4 Å². The molecule has 0 aliphatic carbocycles. The summed E-state index contributed by atoms with van der Waals surface area (Å²) in [5.74, 6) is -2.16. The minimum atomic E-state index is -0.865. The molecule has 0 radical (unpaired) electrons. The van der Waals surface area contributed by atoms with Crippen LogP contribution in [0.25, 0.3) is 38.3 Å². The maximum absolute atomic E-state index is 16.7. The molecule has 3 aliphatic rings. The maximum atomic E-state index is 16.7. The summed E-state index contributed by atoms with van der Waals surface area (Å²) < 4.78 is 52.9. The van der Waals surface area contributed by atoms with Gasteiger partial charge in [0.15, 0.2) is 16.8 Å². The van der Waals surface area contributed by atoms with Crippen LogP contribution in [0.2, 0.25) is 0 Å². The van der Waals surface area contributed by atoms with E-state index >= 15 is 8.78 Å². The van der Waals surface area contributed by atoms with E-state index in [2.05, 4.69) is 19.9 Å². The second-order valence-corrected chi connectivity index (χ2v) is 13.8. The van der Waals surface area contributed by atoms with E-state index < -0.39 is 23.4 Å². The largest absolute Gasteiger partial charge is 0.462 e. The molecule has 3 saturated heterocycles. The molecule has 10 nitrogen and oxygen atoms in total. The molecule has 6 heterocycles. The molecule has 0 unspecified atom stereocenters. The number of anilines is 2. The van der Waals surface area contributed by atoms with Gasteiger partial charge in [-0.3, -0.25) is 9.78 Å². The Balaban J connectivity index is 1.16. The van der Waals surface area contributed by atoms with Crippen LogP contribution in [-0.2, 0) is 4.79 Å². The van der Waals surface area contributed by atoms with Gasteiger partial charge in [0.1, 0.15) is 23.8 Å². The van der Waals surface area contributed by atoms with Crippen molar-refractivity contribution in [3.63, 3.8) is 0 Å². The number of nitrogen functional groups attached to an aromatic ring is 1. The molecule has 252 valence electrons. The number of rotatable bonds is 7. The van der Waals surface area contributed by atoms with Crippen LogP contribution < -0.4 is 15.4 Å². The third kappa shape index (κ3) is 5.72. The Bertz CT molecular complexity index is 2100. The number of piperazine rings is 1. The van der Waals surface area contributed by atoms with Crippen molar-refractivity contribution >= 4 is 55.4 Å². The first kappa shape index (κ1) is 31.4. The normalized spacial score (nSPS) is 21.3. The number of nitrogens with two attached hydrogens (primary N) is 1. The van der Waals surface area contributed by atoms with Crippen molar-refractivity contribution in [2.24, 2.45) is 0 Å². The summed E-state index contributed by atoms with van der Waals surface area (Å²) >= 11 is 1.00. The number of benzene rings is 2. The van der Waals surface area contributed by atoms with E-state index in [9.17, 15) is 9.18 Å². The molecule has 3 aliphatic heterocycles. The number of thiazole rings is 1. The number of carbonyl (C=O) groups excluding carboxylic acids is 1. The number of carbonyl (C=O) groups is 1. The highest BCUT2D eigenvalue weighted by Gasteiger charge is 2.44. The topological polar surface area (TPSA) is 114 Å². The number of ether oxygens (including phenoxy) is 1. The number of fused-ring (bicyclic) bond motifs is 4. The number of aromatic nitrogens is 4. The second kappa shape index (κ2) is 12.6. The molecular weight excluding hydrogens is 654 g/mol. The van der Waals surface area contributed by atoms with Crippen LogP contribution in [0.3, 0.4) is 0 Å². The average molecular weight is 687 g/mol. The fourth-order valence-electron chi connectivity index (χ4n) is 7.39. The van der Waals surface area contributed by atoms with Crippen LogP contribution in [0, 0.1) is 11.6 Å². The van der Waals surface area contributed by atoms with E-state index in [0.717, 1.165) is 36.8 Å². The van der Waals surface area contributed by atoms with Crippen molar-refractivity contribution in [1.29, 1.82) is 0 Å². The number of hydrogen-bond acceptors (Lipinski definition) is 10. The Kier molecular flexibility index (Phi) is 8.07. The van der Waals surface area contributed by atoms with Gasteiger partial charge in [-0.05, 0) is 69.6 Å². The first-order valence-corrected chi connectivity index (χ1v) is 17.1. The van der Waals surface area contributed by atoms with Crippen molar-refractivity contribution in [3.8, 4) is 17.1 Å². The summed E-state index contributed by atoms with van der Waals surface area (Å²) in [5, 5.41) is 0.641. The summed E-state index contributed by atoms with van der Waals surface area (Å²) in [6.45, 7) is 2.05. The summed E-state index contributed by atoms with van der Waals surface area (Å²) in [4.78, 5) is 37.0. The quantitative estimate of drug-likeness (QED) is 0.212. The van der Waals surface area contributed by atoms with Crippen LogP contribution in [0.15, 0.2) is 54.5 Å². The highest BCUT2D eigenvalue weighted by molar-refractivity contribution is 7.22. The summed E-state index contributed by atoms with van der Waals surface area (Å²) in [7, 11) is 2.04. The second-order valence-electron chi connectivity index (χ2n) is 12.8. The number of amides is 1. The van der Waals surface area contributed by atoms with Gasteiger partial charge in [-0.1, -0.05) is 23.5 Å². The molecule has 49 heavy (non-hydrogen) atoms. The van der Waals surface area contributed by atoms with Crippen LogP contribution in [0.4, 0.5) is 24.1 Å². The first-order chi connectivity index (χ1) is 23.7. The smallest absolute Gasteiger partial charge is 0.319 e. The number of nitrogens with zero attached hydrogens (tertiary/aromatic N) is 7. The molecule has 8 rings (SSSR count). The van der Waals surface area contributed by atoms with E-state index in [1.54, 1.807) is 41.4 Å². The summed E-state index contributed by atoms with van der Waals surface area (Å²) in [6.07, 6.45) is 6.12. The van der Waals surface area contributed by atoms with Gasteiger partial charge < -0.3 is 25.2 Å². The molecule has 3 atom stereocenters. The third-order valence-electron chi connectivity index (χ3n) is 9.83. The van der Waals surface area contributed by atoms with Gasteiger partial charge >= 0.3 is 6.01 Å². The predicted octanol–water partition coefficient (Wildman–Crippen LogP) is 5.83. The minimum Gasteiger partial charge on any atom is -0.462 e. The number of halogens is 3.